The number of ether oxygens (including phenoxy) is 1. The van der Waals surface area contributed by atoms with Crippen molar-refractivity contribution in [3.05, 3.63) is 0 Å². The fourth-order valence-electron chi connectivity index (χ4n) is 1.48. The third-order valence-corrected chi connectivity index (χ3v) is 2.40. The second-order valence-corrected chi connectivity index (χ2v) is 3.15. The molecule has 1 rings (SSSR count). The van der Waals surface area contributed by atoms with Crippen molar-refractivity contribution in [3.8, 4) is 0 Å². The zero-order valence-electron chi connectivity index (χ0n) is 7.30. The molecule has 2 atom stereocenters. The van der Waals surface area contributed by atoms with Crippen LogP contribution in [0.15, 0.2) is 0 Å². The van der Waals surface area contributed by atoms with Crippen LogP contribution in [0, 0.1) is 5.92 Å². The van der Waals surface area contributed by atoms with Crippen LogP contribution in [-0.4, -0.2) is 12.1 Å². The molecule has 11 heavy (non-hydrogen) atoms. The Hall–Kier alpha value is -0.530. The van der Waals surface area contributed by atoms with Gasteiger partial charge >= 0.3 is 5.97 Å². The van der Waals surface area contributed by atoms with Gasteiger partial charge in [0.1, 0.15) is 6.10 Å². The van der Waals surface area contributed by atoms with E-state index in [4.69, 9.17) is 4.74 Å². The summed E-state index contributed by atoms with van der Waals surface area (Å²) in [5.74, 6) is 0.198. The van der Waals surface area contributed by atoms with Gasteiger partial charge in [-0.05, 0) is 25.7 Å². The summed E-state index contributed by atoms with van der Waals surface area (Å²) < 4.78 is 5.20. The van der Waals surface area contributed by atoms with E-state index in [1.807, 2.05) is 6.92 Å². The van der Waals surface area contributed by atoms with Crippen LogP contribution >= 0.6 is 0 Å². The molecule has 0 aliphatic carbocycles. The first-order valence-corrected chi connectivity index (χ1v) is 4.48. The van der Waals surface area contributed by atoms with Gasteiger partial charge in [-0.15, -0.1) is 0 Å². The summed E-state index contributed by atoms with van der Waals surface area (Å²) >= 11 is 0. The van der Waals surface area contributed by atoms with E-state index in [-0.39, 0.29) is 18.0 Å². The van der Waals surface area contributed by atoms with Crippen LogP contribution in [0.5, 0.6) is 0 Å². The van der Waals surface area contributed by atoms with Gasteiger partial charge in [-0.1, -0.05) is 13.8 Å². The largest absolute Gasteiger partial charge is 0.462 e. The normalized spacial score (nSPS) is 31.6. The average Bonchev–Trinajstić information content (AvgIpc) is 2.04. The van der Waals surface area contributed by atoms with E-state index in [0.717, 1.165) is 25.7 Å². The monoisotopic (exact) mass is 156 g/mol. The molecular weight excluding hydrogens is 140 g/mol. The lowest BCUT2D eigenvalue weighted by Crippen LogP contribution is -2.30. The van der Waals surface area contributed by atoms with E-state index < -0.39 is 0 Å². The molecule has 0 N–H and O–H groups in total. The molecule has 0 amide bonds. The lowest BCUT2D eigenvalue weighted by Gasteiger charge is -2.26. The Morgan fingerprint density at radius 3 is 2.55 bits per heavy atom. The number of esters is 1. The fourth-order valence-corrected chi connectivity index (χ4v) is 1.48. The van der Waals surface area contributed by atoms with Crippen molar-refractivity contribution in [2.45, 2.75) is 45.6 Å². The predicted octanol–water partition coefficient (Wildman–Crippen LogP) is 2.13. The van der Waals surface area contributed by atoms with Crippen molar-refractivity contribution in [2.24, 2.45) is 5.92 Å². The molecule has 1 aliphatic heterocycles. The molecule has 0 spiro atoms. The van der Waals surface area contributed by atoms with Crippen molar-refractivity contribution >= 4 is 5.97 Å². The van der Waals surface area contributed by atoms with Gasteiger partial charge in [0.2, 0.25) is 0 Å². The van der Waals surface area contributed by atoms with Gasteiger partial charge in [-0.2, -0.15) is 0 Å². The highest BCUT2D eigenvalue weighted by atomic mass is 16.5. The highest BCUT2D eigenvalue weighted by Gasteiger charge is 2.27. The summed E-state index contributed by atoms with van der Waals surface area (Å²) in [6.07, 6.45) is 4.16. The van der Waals surface area contributed by atoms with E-state index in [0.29, 0.717) is 0 Å². The first kappa shape index (κ1) is 8.57. The summed E-state index contributed by atoms with van der Waals surface area (Å²) in [5.41, 5.74) is 0. The van der Waals surface area contributed by atoms with Crippen LogP contribution in [-0.2, 0) is 9.53 Å². The third kappa shape index (κ3) is 1.95. The zero-order valence-corrected chi connectivity index (χ0v) is 7.30. The summed E-state index contributed by atoms with van der Waals surface area (Å²) in [4.78, 5) is 11.2. The standard InChI is InChI=1S/C9H16O2/c1-3-7-5-6-8(4-2)11-9(7)10/h7-8H,3-6H2,1-2H3. The van der Waals surface area contributed by atoms with Gasteiger partial charge in [0, 0.05) is 0 Å². The number of carbonyl (C=O) groups is 1. The molecule has 2 nitrogen and oxygen atoms in total. The van der Waals surface area contributed by atoms with Crippen LogP contribution < -0.4 is 0 Å². The average molecular weight is 156 g/mol. The van der Waals surface area contributed by atoms with Gasteiger partial charge in [0.25, 0.3) is 0 Å². The molecule has 2 unspecified atom stereocenters. The van der Waals surface area contributed by atoms with E-state index in [2.05, 4.69) is 6.92 Å². The summed E-state index contributed by atoms with van der Waals surface area (Å²) in [6, 6.07) is 0. The Morgan fingerprint density at radius 1 is 1.36 bits per heavy atom. The second-order valence-electron chi connectivity index (χ2n) is 3.15. The maximum Gasteiger partial charge on any atom is 0.309 e. The molecule has 0 radical (unpaired) electrons. The molecule has 0 aromatic rings. The molecule has 0 saturated carbocycles. The third-order valence-electron chi connectivity index (χ3n) is 2.40. The Morgan fingerprint density at radius 2 is 2.09 bits per heavy atom. The number of rotatable bonds is 2. The maximum atomic E-state index is 11.2. The van der Waals surface area contributed by atoms with Crippen molar-refractivity contribution < 1.29 is 9.53 Å². The van der Waals surface area contributed by atoms with Crippen LogP contribution in [0.2, 0.25) is 0 Å². The van der Waals surface area contributed by atoms with Crippen LogP contribution in [0.25, 0.3) is 0 Å². The predicted molar refractivity (Wildman–Crippen MR) is 43.2 cm³/mol. The Labute approximate surface area is 67.9 Å². The maximum absolute atomic E-state index is 11.2. The molecule has 1 heterocycles. The number of carbonyl (C=O) groups excluding carboxylic acids is 1. The Bertz CT molecular complexity index is 142. The van der Waals surface area contributed by atoms with Gasteiger partial charge in [-0.3, -0.25) is 4.79 Å². The SMILES string of the molecule is CCC1CCC(CC)C(=O)O1. The highest BCUT2D eigenvalue weighted by Crippen LogP contribution is 2.23. The highest BCUT2D eigenvalue weighted by molar-refractivity contribution is 5.73. The Balaban J connectivity index is 2.41. The first-order chi connectivity index (χ1) is 5.27. The number of hydrogen-bond donors (Lipinski definition) is 0. The van der Waals surface area contributed by atoms with E-state index in [1.54, 1.807) is 0 Å². The van der Waals surface area contributed by atoms with Crippen LogP contribution in [0.3, 0.4) is 0 Å². The fraction of sp³-hybridized carbons (Fsp3) is 0.889. The smallest absolute Gasteiger partial charge is 0.309 e. The molecule has 1 saturated heterocycles. The summed E-state index contributed by atoms with van der Waals surface area (Å²) in [5, 5.41) is 0. The quantitative estimate of drug-likeness (QED) is 0.572. The molecule has 1 aliphatic rings. The molecule has 2 heteroatoms. The minimum Gasteiger partial charge on any atom is -0.462 e. The van der Waals surface area contributed by atoms with E-state index in [1.165, 1.54) is 0 Å². The summed E-state index contributed by atoms with van der Waals surface area (Å²) in [6.45, 7) is 4.10. The molecule has 1 fully saturated rings. The minimum atomic E-state index is 0.0191. The lowest BCUT2D eigenvalue weighted by molar-refractivity contribution is -0.160. The summed E-state index contributed by atoms with van der Waals surface area (Å²) in [7, 11) is 0. The minimum absolute atomic E-state index is 0.0191. The molecule has 0 aromatic carbocycles. The van der Waals surface area contributed by atoms with Crippen molar-refractivity contribution in [2.75, 3.05) is 0 Å². The van der Waals surface area contributed by atoms with Gasteiger partial charge in [-0.25, -0.2) is 0 Å². The number of hydrogen-bond acceptors (Lipinski definition) is 2. The molecular formula is C9H16O2. The van der Waals surface area contributed by atoms with Gasteiger partial charge in [0.05, 0.1) is 5.92 Å². The van der Waals surface area contributed by atoms with Crippen molar-refractivity contribution in [1.82, 2.24) is 0 Å². The van der Waals surface area contributed by atoms with Crippen LogP contribution in [0.1, 0.15) is 39.5 Å². The molecule has 64 valence electrons. The van der Waals surface area contributed by atoms with E-state index in [9.17, 15) is 4.79 Å². The van der Waals surface area contributed by atoms with Gasteiger partial charge in [0.15, 0.2) is 0 Å². The van der Waals surface area contributed by atoms with E-state index >= 15 is 0 Å². The molecule has 0 bridgehead atoms. The van der Waals surface area contributed by atoms with Crippen molar-refractivity contribution in [1.29, 1.82) is 0 Å². The van der Waals surface area contributed by atoms with Crippen molar-refractivity contribution in [3.63, 3.8) is 0 Å². The Kier molecular flexibility index (Phi) is 2.92. The zero-order chi connectivity index (χ0) is 8.27. The number of cyclic esters (lactones) is 1. The molecule has 0 aromatic heterocycles. The van der Waals surface area contributed by atoms with Crippen LogP contribution in [0.4, 0.5) is 0 Å². The topological polar surface area (TPSA) is 26.3 Å². The first-order valence-electron chi connectivity index (χ1n) is 4.48. The second kappa shape index (κ2) is 3.74. The van der Waals surface area contributed by atoms with Gasteiger partial charge < -0.3 is 4.74 Å². The lowest BCUT2D eigenvalue weighted by atomic mass is 9.95.